The Hall–Kier alpha value is -0.340. The van der Waals surface area contributed by atoms with Gasteiger partial charge in [-0.15, -0.1) is 0 Å². The minimum atomic E-state index is -0.252. The highest BCUT2D eigenvalue weighted by molar-refractivity contribution is 5.08. The molecular weight excluding hydrogens is 150 g/mol. The SMILES string of the molecule is CC1=CCC2NC(O)CCC2C1. The Morgan fingerprint density at radius 3 is 3.17 bits per heavy atom. The van der Waals surface area contributed by atoms with Crippen LogP contribution < -0.4 is 5.32 Å². The van der Waals surface area contributed by atoms with Gasteiger partial charge in [0.1, 0.15) is 6.23 Å². The molecule has 2 N–H and O–H groups in total. The van der Waals surface area contributed by atoms with Crippen molar-refractivity contribution in [2.75, 3.05) is 0 Å². The molecule has 1 saturated heterocycles. The third-order valence-electron chi connectivity index (χ3n) is 3.09. The van der Waals surface area contributed by atoms with E-state index in [-0.39, 0.29) is 6.23 Å². The van der Waals surface area contributed by atoms with Crippen LogP contribution in [0.15, 0.2) is 11.6 Å². The number of nitrogens with one attached hydrogen (secondary N) is 1. The van der Waals surface area contributed by atoms with E-state index in [9.17, 15) is 5.11 Å². The Kier molecular flexibility index (Phi) is 2.20. The van der Waals surface area contributed by atoms with Crippen molar-refractivity contribution >= 4 is 0 Å². The lowest BCUT2D eigenvalue weighted by Gasteiger charge is -2.37. The maximum atomic E-state index is 9.38. The zero-order chi connectivity index (χ0) is 8.55. The average molecular weight is 167 g/mol. The summed E-state index contributed by atoms with van der Waals surface area (Å²) in [6, 6.07) is 0.539. The number of piperidine rings is 1. The first-order chi connectivity index (χ1) is 5.75. The van der Waals surface area contributed by atoms with Crippen molar-refractivity contribution in [3.63, 3.8) is 0 Å². The number of aliphatic hydroxyl groups is 1. The summed E-state index contributed by atoms with van der Waals surface area (Å²) in [5.74, 6) is 0.776. The summed E-state index contributed by atoms with van der Waals surface area (Å²) >= 11 is 0. The van der Waals surface area contributed by atoms with E-state index >= 15 is 0 Å². The van der Waals surface area contributed by atoms with Crippen LogP contribution in [0, 0.1) is 5.92 Å². The van der Waals surface area contributed by atoms with Gasteiger partial charge in [0.25, 0.3) is 0 Å². The van der Waals surface area contributed by atoms with Crippen LogP contribution in [-0.4, -0.2) is 17.4 Å². The fourth-order valence-electron chi connectivity index (χ4n) is 2.37. The van der Waals surface area contributed by atoms with Gasteiger partial charge in [-0.1, -0.05) is 11.6 Å². The molecule has 1 aliphatic carbocycles. The molecule has 12 heavy (non-hydrogen) atoms. The van der Waals surface area contributed by atoms with Crippen molar-refractivity contribution in [2.45, 2.75) is 44.9 Å². The summed E-state index contributed by atoms with van der Waals surface area (Å²) in [4.78, 5) is 0. The molecule has 1 fully saturated rings. The van der Waals surface area contributed by atoms with E-state index in [1.807, 2.05) is 0 Å². The molecule has 3 atom stereocenters. The van der Waals surface area contributed by atoms with Crippen molar-refractivity contribution in [3.05, 3.63) is 11.6 Å². The van der Waals surface area contributed by atoms with Crippen molar-refractivity contribution in [1.29, 1.82) is 0 Å². The van der Waals surface area contributed by atoms with Crippen LogP contribution >= 0.6 is 0 Å². The van der Waals surface area contributed by atoms with Gasteiger partial charge in [-0.2, -0.15) is 0 Å². The fraction of sp³-hybridized carbons (Fsp3) is 0.800. The number of hydrogen-bond acceptors (Lipinski definition) is 2. The van der Waals surface area contributed by atoms with E-state index in [2.05, 4.69) is 18.3 Å². The third-order valence-corrected chi connectivity index (χ3v) is 3.09. The first kappa shape index (κ1) is 8.27. The maximum Gasteiger partial charge on any atom is 0.105 e. The molecule has 3 unspecified atom stereocenters. The van der Waals surface area contributed by atoms with Gasteiger partial charge in [-0.3, -0.25) is 5.32 Å². The molecule has 2 rings (SSSR count). The van der Waals surface area contributed by atoms with Gasteiger partial charge < -0.3 is 5.11 Å². The molecule has 0 saturated carbocycles. The number of hydrogen-bond donors (Lipinski definition) is 2. The van der Waals surface area contributed by atoms with Gasteiger partial charge in [0, 0.05) is 6.04 Å². The van der Waals surface area contributed by atoms with Crippen LogP contribution in [0.3, 0.4) is 0 Å². The first-order valence-corrected chi connectivity index (χ1v) is 4.85. The predicted octanol–water partition coefficient (Wildman–Crippen LogP) is 1.41. The molecule has 1 aliphatic heterocycles. The molecule has 1 heterocycles. The molecule has 0 spiro atoms. The number of fused-ring (bicyclic) bond motifs is 1. The van der Waals surface area contributed by atoms with Crippen LogP contribution in [0.25, 0.3) is 0 Å². The summed E-state index contributed by atoms with van der Waals surface area (Å²) in [7, 11) is 0. The Balaban J connectivity index is 2.02. The lowest BCUT2D eigenvalue weighted by Crippen LogP contribution is -2.48. The Morgan fingerprint density at radius 1 is 1.50 bits per heavy atom. The lowest BCUT2D eigenvalue weighted by atomic mass is 9.80. The van der Waals surface area contributed by atoms with Crippen molar-refractivity contribution in [2.24, 2.45) is 5.92 Å². The van der Waals surface area contributed by atoms with Crippen molar-refractivity contribution in [1.82, 2.24) is 5.32 Å². The Labute approximate surface area is 73.7 Å². The van der Waals surface area contributed by atoms with Crippen LogP contribution in [0.5, 0.6) is 0 Å². The molecule has 0 amide bonds. The minimum absolute atomic E-state index is 0.252. The smallest absolute Gasteiger partial charge is 0.105 e. The minimum Gasteiger partial charge on any atom is -0.379 e. The largest absolute Gasteiger partial charge is 0.379 e. The lowest BCUT2D eigenvalue weighted by molar-refractivity contribution is 0.0576. The highest BCUT2D eigenvalue weighted by Gasteiger charge is 2.30. The third kappa shape index (κ3) is 1.54. The van der Waals surface area contributed by atoms with Crippen molar-refractivity contribution < 1.29 is 5.11 Å². The average Bonchev–Trinajstić information content (AvgIpc) is 2.05. The van der Waals surface area contributed by atoms with E-state index in [4.69, 9.17) is 0 Å². The summed E-state index contributed by atoms with van der Waals surface area (Å²) in [5, 5.41) is 12.6. The Bertz CT molecular complexity index is 200. The predicted molar refractivity (Wildman–Crippen MR) is 48.6 cm³/mol. The molecule has 0 aromatic heterocycles. The second-order valence-corrected chi connectivity index (χ2v) is 4.12. The van der Waals surface area contributed by atoms with Gasteiger partial charge in [-0.05, 0) is 38.5 Å². The van der Waals surface area contributed by atoms with Gasteiger partial charge >= 0.3 is 0 Å². The van der Waals surface area contributed by atoms with Gasteiger partial charge in [0.15, 0.2) is 0 Å². The fourth-order valence-corrected chi connectivity index (χ4v) is 2.37. The van der Waals surface area contributed by atoms with Gasteiger partial charge in [0.05, 0.1) is 0 Å². The Morgan fingerprint density at radius 2 is 2.33 bits per heavy atom. The highest BCUT2D eigenvalue weighted by atomic mass is 16.3. The van der Waals surface area contributed by atoms with E-state index in [1.165, 1.54) is 18.4 Å². The summed E-state index contributed by atoms with van der Waals surface area (Å²) in [6.45, 7) is 2.21. The van der Waals surface area contributed by atoms with E-state index in [0.29, 0.717) is 6.04 Å². The van der Waals surface area contributed by atoms with Crippen LogP contribution in [0.4, 0.5) is 0 Å². The molecule has 0 bridgehead atoms. The zero-order valence-electron chi connectivity index (χ0n) is 7.59. The normalized spacial score (nSPS) is 41.8. The summed E-state index contributed by atoms with van der Waals surface area (Å²) < 4.78 is 0. The van der Waals surface area contributed by atoms with E-state index in [0.717, 1.165) is 18.8 Å². The highest BCUT2D eigenvalue weighted by Crippen LogP contribution is 2.31. The number of allylic oxidation sites excluding steroid dienone is 1. The second kappa shape index (κ2) is 3.19. The molecule has 2 nitrogen and oxygen atoms in total. The van der Waals surface area contributed by atoms with E-state index in [1.54, 1.807) is 0 Å². The quantitative estimate of drug-likeness (QED) is 0.535. The monoisotopic (exact) mass is 167 g/mol. The van der Waals surface area contributed by atoms with Gasteiger partial charge in [0.2, 0.25) is 0 Å². The van der Waals surface area contributed by atoms with E-state index < -0.39 is 0 Å². The molecule has 2 heteroatoms. The van der Waals surface area contributed by atoms with Crippen LogP contribution in [-0.2, 0) is 0 Å². The summed E-state index contributed by atoms with van der Waals surface area (Å²) in [5.41, 5.74) is 1.52. The molecule has 0 radical (unpaired) electrons. The molecule has 2 aliphatic rings. The molecule has 68 valence electrons. The van der Waals surface area contributed by atoms with Crippen LogP contribution in [0.1, 0.15) is 32.6 Å². The number of rotatable bonds is 0. The maximum absolute atomic E-state index is 9.38. The number of aliphatic hydroxyl groups excluding tert-OH is 1. The second-order valence-electron chi connectivity index (χ2n) is 4.12. The molecule has 0 aromatic carbocycles. The van der Waals surface area contributed by atoms with Crippen LogP contribution in [0.2, 0.25) is 0 Å². The standard InChI is InChI=1S/C10H17NO/c1-7-2-4-9-8(6-7)3-5-10(12)11-9/h2,8-12H,3-6H2,1H3. The molecular formula is C10H17NO. The zero-order valence-corrected chi connectivity index (χ0v) is 7.59. The first-order valence-electron chi connectivity index (χ1n) is 4.85. The molecule has 0 aromatic rings. The topological polar surface area (TPSA) is 32.3 Å². The van der Waals surface area contributed by atoms with Crippen molar-refractivity contribution in [3.8, 4) is 0 Å². The van der Waals surface area contributed by atoms with Gasteiger partial charge in [-0.25, -0.2) is 0 Å². The summed E-state index contributed by atoms with van der Waals surface area (Å²) in [6.07, 6.45) is 6.49.